The van der Waals surface area contributed by atoms with E-state index >= 15 is 0 Å². The molecule has 0 saturated heterocycles. The largest absolute Gasteiger partial charge is 0.490 e. The van der Waals surface area contributed by atoms with E-state index in [1.807, 2.05) is 32.0 Å². The predicted molar refractivity (Wildman–Crippen MR) is 130 cm³/mol. The topological polar surface area (TPSA) is 97.1 Å². The van der Waals surface area contributed by atoms with Gasteiger partial charge < -0.3 is 9.47 Å². The molecule has 2 aromatic carbocycles. The number of ether oxygens (including phenoxy) is 2. The Hall–Kier alpha value is -2.64. The first kappa shape index (κ1) is 23.5. The van der Waals surface area contributed by atoms with Crippen LogP contribution in [0.3, 0.4) is 0 Å². The maximum Gasteiger partial charge on any atom is 0.148 e. The molecule has 0 radical (unpaired) electrons. The number of nitriles is 1. The van der Waals surface area contributed by atoms with Crippen molar-refractivity contribution in [2.24, 2.45) is 0 Å². The number of aromatic nitrogens is 2. The van der Waals surface area contributed by atoms with Crippen LogP contribution in [0.4, 0.5) is 0 Å². The van der Waals surface area contributed by atoms with Crippen LogP contribution < -0.4 is 9.46 Å². The molecule has 3 aromatic rings. The van der Waals surface area contributed by atoms with Gasteiger partial charge in [-0.2, -0.15) is 5.26 Å². The van der Waals surface area contributed by atoms with Crippen LogP contribution in [0.15, 0.2) is 36.4 Å². The highest BCUT2D eigenvalue weighted by molar-refractivity contribution is 7.83. The zero-order valence-electron chi connectivity index (χ0n) is 18.8. The molecular weight excluding hydrogens is 456 g/mol. The van der Waals surface area contributed by atoms with E-state index in [-0.39, 0.29) is 12.1 Å². The molecule has 9 heteroatoms. The lowest BCUT2D eigenvalue weighted by Crippen LogP contribution is -2.25. The summed E-state index contributed by atoms with van der Waals surface area (Å²) in [5, 5.41) is 20.0. The third-order valence-electron chi connectivity index (χ3n) is 5.38. The van der Waals surface area contributed by atoms with Gasteiger partial charge in [-0.3, -0.25) is 0 Å². The second-order valence-corrected chi connectivity index (χ2v) is 10.3. The van der Waals surface area contributed by atoms with Crippen molar-refractivity contribution in [1.29, 1.82) is 5.26 Å². The van der Waals surface area contributed by atoms with E-state index in [1.54, 1.807) is 13.2 Å². The van der Waals surface area contributed by atoms with Crippen LogP contribution in [0.2, 0.25) is 0 Å². The van der Waals surface area contributed by atoms with Crippen LogP contribution in [0, 0.1) is 11.3 Å². The van der Waals surface area contributed by atoms with Crippen molar-refractivity contribution in [2.75, 3.05) is 19.5 Å². The number of methoxy groups -OCH3 is 1. The van der Waals surface area contributed by atoms with Gasteiger partial charge in [0.2, 0.25) is 0 Å². The molecular formula is C24H26N4O3S2. The Balaban J connectivity index is 1.58. The Labute approximate surface area is 200 Å². The average molecular weight is 483 g/mol. The minimum Gasteiger partial charge on any atom is -0.490 e. The Bertz CT molecular complexity index is 1200. The number of rotatable bonds is 9. The van der Waals surface area contributed by atoms with E-state index < -0.39 is 11.0 Å². The van der Waals surface area contributed by atoms with E-state index in [4.69, 9.17) is 9.47 Å². The van der Waals surface area contributed by atoms with E-state index in [0.717, 1.165) is 39.5 Å². The zero-order valence-corrected chi connectivity index (χ0v) is 20.5. The Morgan fingerprint density at radius 2 is 2.09 bits per heavy atom. The molecule has 0 bridgehead atoms. The Morgan fingerprint density at radius 1 is 1.27 bits per heavy atom. The third-order valence-corrected chi connectivity index (χ3v) is 7.47. The molecule has 0 fully saturated rings. The summed E-state index contributed by atoms with van der Waals surface area (Å²) in [7, 11) is 0.476. The van der Waals surface area contributed by atoms with Gasteiger partial charge in [0.25, 0.3) is 0 Å². The summed E-state index contributed by atoms with van der Waals surface area (Å²) < 4.78 is 26.3. The minimum absolute atomic E-state index is 0.00743. The molecule has 7 nitrogen and oxygen atoms in total. The molecule has 1 heterocycles. The molecule has 1 aliphatic carbocycles. The van der Waals surface area contributed by atoms with Crippen LogP contribution in [0.5, 0.6) is 5.75 Å². The molecule has 0 amide bonds. The second-order valence-electron chi connectivity index (χ2n) is 8.03. The summed E-state index contributed by atoms with van der Waals surface area (Å²) in [5.41, 5.74) is 4.77. The Morgan fingerprint density at radius 3 is 2.85 bits per heavy atom. The highest BCUT2D eigenvalue weighted by Gasteiger charge is 2.27. The van der Waals surface area contributed by atoms with Crippen molar-refractivity contribution in [3.8, 4) is 33.0 Å². The highest BCUT2D eigenvalue weighted by Crippen LogP contribution is 2.40. The van der Waals surface area contributed by atoms with Crippen LogP contribution >= 0.6 is 11.3 Å². The molecule has 2 atom stereocenters. The maximum atomic E-state index is 12.3. The Kier molecular flexibility index (Phi) is 7.50. The van der Waals surface area contributed by atoms with Crippen molar-refractivity contribution >= 4 is 22.3 Å². The summed E-state index contributed by atoms with van der Waals surface area (Å²) in [6.45, 7) is 4.33. The maximum absolute atomic E-state index is 12.3. The van der Waals surface area contributed by atoms with Crippen molar-refractivity contribution < 1.29 is 13.7 Å². The lowest BCUT2D eigenvalue weighted by Gasteiger charge is -2.14. The average Bonchev–Trinajstić information content (AvgIpc) is 3.45. The van der Waals surface area contributed by atoms with E-state index in [0.29, 0.717) is 23.7 Å². The third kappa shape index (κ3) is 5.31. The van der Waals surface area contributed by atoms with Gasteiger partial charge in [-0.25, -0.2) is 8.93 Å². The lowest BCUT2D eigenvalue weighted by molar-refractivity contribution is 0.217. The van der Waals surface area contributed by atoms with Gasteiger partial charge in [0, 0.05) is 24.3 Å². The first-order chi connectivity index (χ1) is 16.0. The smallest absolute Gasteiger partial charge is 0.148 e. The molecule has 1 aromatic heterocycles. The fraction of sp³-hybridized carbons (Fsp3) is 0.375. The first-order valence-corrected chi connectivity index (χ1v) is 12.9. The highest BCUT2D eigenvalue weighted by atomic mass is 32.2. The fourth-order valence-corrected chi connectivity index (χ4v) is 5.80. The standard InChI is InChI=1S/C24H26N4O3S2/c1-15(2)31-22-10-7-16(13-17(22)14-25)23-26-27-24(32-23)20-6-4-5-19-18(20)8-9-21(19)28-33(29)12-11-30-3/h4-7,10,13,15,21,28H,8-9,11-12H2,1-3H3. The van der Waals surface area contributed by atoms with Gasteiger partial charge in [-0.05, 0) is 56.0 Å². The van der Waals surface area contributed by atoms with Crippen LogP contribution in [-0.2, 0) is 22.1 Å². The van der Waals surface area contributed by atoms with Crippen molar-refractivity contribution in [2.45, 2.75) is 38.8 Å². The molecule has 0 aliphatic heterocycles. The van der Waals surface area contributed by atoms with Crippen molar-refractivity contribution in [3.05, 3.63) is 53.1 Å². The molecule has 172 valence electrons. The molecule has 33 heavy (non-hydrogen) atoms. The van der Waals surface area contributed by atoms with Gasteiger partial charge in [0.15, 0.2) is 0 Å². The van der Waals surface area contributed by atoms with Gasteiger partial charge in [0.05, 0.1) is 35.0 Å². The van der Waals surface area contributed by atoms with Crippen LogP contribution in [0.25, 0.3) is 21.1 Å². The number of fused-ring (bicyclic) bond motifs is 1. The van der Waals surface area contributed by atoms with Crippen molar-refractivity contribution in [3.63, 3.8) is 0 Å². The first-order valence-electron chi connectivity index (χ1n) is 10.8. The van der Waals surface area contributed by atoms with Gasteiger partial charge in [-0.15, -0.1) is 10.2 Å². The number of hydrogen-bond acceptors (Lipinski definition) is 7. The summed E-state index contributed by atoms with van der Waals surface area (Å²) in [4.78, 5) is 0. The molecule has 0 saturated carbocycles. The van der Waals surface area contributed by atoms with E-state index in [1.165, 1.54) is 16.9 Å². The minimum atomic E-state index is -1.14. The zero-order chi connectivity index (χ0) is 23.4. The summed E-state index contributed by atoms with van der Waals surface area (Å²) >= 11 is 1.50. The summed E-state index contributed by atoms with van der Waals surface area (Å²) in [6, 6.07) is 13.9. The molecule has 0 spiro atoms. The number of nitrogens with zero attached hydrogens (tertiary/aromatic N) is 3. The second kappa shape index (κ2) is 10.5. The molecule has 2 unspecified atom stereocenters. The van der Waals surface area contributed by atoms with E-state index in [9.17, 15) is 9.47 Å². The van der Waals surface area contributed by atoms with Crippen molar-refractivity contribution in [1.82, 2.24) is 14.9 Å². The van der Waals surface area contributed by atoms with Gasteiger partial charge >= 0.3 is 0 Å². The van der Waals surface area contributed by atoms with Gasteiger partial charge in [0.1, 0.15) is 21.8 Å². The SMILES string of the molecule is COCCS(=O)NC1CCc2c(-c3nnc(-c4ccc(OC(C)C)c(C#N)c4)s3)cccc21. The quantitative estimate of drug-likeness (QED) is 0.485. The predicted octanol–water partition coefficient (Wildman–Crippen LogP) is 4.42. The lowest BCUT2D eigenvalue weighted by atomic mass is 10.0. The molecule has 1 aliphatic rings. The number of nitrogens with one attached hydrogen (secondary N) is 1. The summed E-state index contributed by atoms with van der Waals surface area (Å²) in [5.74, 6) is 1.04. The monoisotopic (exact) mass is 482 g/mol. The number of hydrogen-bond donors (Lipinski definition) is 1. The normalized spacial score (nSPS) is 15.9. The van der Waals surface area contributed by atoms with Crippen LogP contribution in [0.1, 0.15) is 43.0 Å². The summed E-state index contributed by atoms with van der Waals surface area (Å²) in [6.07, 6.45) is 1.77. The molecule has 1 N–H and O–H groups in total. The van der Waals surface area contributed by atoms with Crippen LogP contribution in [-0.4, -0.2) is 40.0 Å². The molecule has 4 rings (SSSR count). The fourth-order valence-electron chi connectivity index (χ4n) is 3.91. The van der Waals surface area contributed by atoms with E-state index in [2.05, 4.69) is 33.1 Å². The number of benzene rings is 2. The van der Waals surface area contributed by atoms with Gasteiger partial charge in [-0.1, -0.05) is 29.5 Å².